The van der Waals surface area contributed by atoms with E-state index < -0.39 is 35.4 Å². The number of pyridine rings is 1. The summed E-state index contributed by atoms with van der Waals surface area (Å²) >= 11 is 2.68. The maximum absolute atomic E-state index is 13.2. The second-order valence-electron chi connectivity index (χ2n) is 2.79. The van der Waals surface area contributed by atoms with Crippen molar-refractivity contribution >= 4 is 15.9 Å². The van der Waals surface area contributed by atoms with Gasteiger partial charge in [-0.2, -0.15) is 13.2 Å². The fraction of sp³-hybridized carbons (Fsp3) is 0.375. The van der Waals surface area contributed by atoms with E-state index in [1.807, 2.05) is 0 Å². The van der Waals surface area contributed by atoms with Crippen molar-refractivity contribution in [2.75, 3.05) is 0 Å². The molecule has 0 saturated carbocycles. The molecule has 0 aliphatic rings. The molecule has 8 heteroatoms. The van der Waals surface area contributed by atoms with Gasteiger partial charge in [-0.1, -0.05) is 15.9 Å². The molecule has 0 amide bonds. The highest BCUT2D eigenvalue weighted by atomic mass is 79.9. The molecule has 1 aromatic heterocycles. The Morgan fingerprint density at radius 2 is 1.88 bits per heavy atom. The van der Waals surface area contributed by atoms with Gasteiger partial charge >= 0.3 is 6.18 Å². The molecule has 0 fully saturated rings. The van der Waals surface area contributed by atoms with Crippen LogP contribution in [0.5, 0.6) is 0 Å². The number of rotatable bonds is 2. The zero-order valence-corrected chi connectivity index (χ0v) is 9.04. The molecule has 0 spiro atoms. The van der Waals surface area contributed by atoms with Gasteiger partial charge in [0.05, 0.1) is 11.3 Å². The molecule has 0 bridgehead atoms. The Labute approximate surface area is 94.6 Å². The molecule has 0 saturated heterocycles. The van der Waals surface area contributed by atoms with E-state index in [0.29, 0.717) is 0 Å². The standard InChI is InChI=1S/C8H4BrF6N/c9-2-5-6(10)3(8(13,14)15)1-4(16-5)7(11)12/h1,7H,2H2. The summed E-state index contributed by atoms with van der Waals surface area (Å²) in [6.45, 7) is 0. The van der Waals surface area contributed by atoms with Crippen molar-refractivity contribution in [3.8, 4) is 0 Å². The van der Waals surface area contributed by atoms with Gasteiger partial charge in [0.2, 0.25) is 0 Å². The zero-order valence-electron chi connectivity index (χ0n) is 7.45. The first kappa shape index (κ1) is 13.3. The summed E-state index contributed by atoms with van der Waals surface area (Å²) in [4.78, 5) is 3.09. The third-order valence-corrected chi connectivity index (χ3v) is 2.23. The van der Waals surface area contributed by atoms with Crippen LogP contribution >= 0.6 is 15.9 Å². The summed E-state index contributed by atoms with van der Waals surface area (Å²) in [5, 5.41) is -0.373. The van der Waals surface area contributed by atoms with Crippen molar-refractivity contribution in [1.29, 1.82) is 0 Å². The molecular formula is C8H4BrF6N. The first-order chi connectivity index (χ1) is 7.27. The van der Waals surface area contributed by atoms with Crippen LogP contribution in [0.1, 0.15) is 23.4 Å². The molecule has 0 aromatic carbocycles. The van der Waals surface area contributed by atoms with Crippen molar-refractivity contribution < 1.29 is 26.3 Å². The van der Waals surface area contributed by atoms with E-state index in [-0.39, 0.29) is 11.4 Å². The molecule has 90 valence electrons. The molecule has 1 nitrogen and oxygen atoms in total. The Bertz CT molecular complexity index is 389. The number of alkyl halides is 6. The minimum Gasteiger partial charge on any atom is -0.248 e. The Hall–Kier alpha value is -0.790. The van der Waals surface area contributed by atoms with E-state index in [2.05, 4.69) is 20.9 Å². The summed E-state index contributed by atoms with van der Waals surface area (Å²) in [7, 11) is 0. The molecule has 1 heterocycles. The quantitative estimate of drug-likeness (QED) is 0.593. The van der Waals surface area contributed by atoms with Crippen LogP contribution in [0.15, 0.2) is 6.07 Å². The number of aromatic nitrogens is 1. The monoisotopic (exact) mass is 307 g/mol. The van der Waals surface area contributed by atoms with Gasteiger partial charge in [0.1, 0.15) is 5.69 Å². The predicted molar refractivity (Wildman–Crippen MR) is 46.8 cm³/mol. The first-order valence-corrected chi connectivity index (χ1v) is 5.00. The van der Waals surface area contributed by atoms with Crippen LogP contribution in [-0.2, 0) is 11.5 Å². The van der Waals surface area contributed by atoms with Crippen LogP contribution in [0.3, 0.4) is 0 Å². The minimum absolute atomic E-state index is 0.0200. The molecular weight excluding hydrogens is 304 g/mol. The third kappa shape index (κ3) is 2.66. The van der Waals surface area contributed by atoms with Gasteiger partial charge < -0.3 is 0 Å². The second kappa shape index (κ2) is 4.60. The normalized spacial score (nSPS) is 12.2. The Kier molecular flexibility index (Phi) is 3.82. The van der Waals surface area contributed by atoms with Crippen molar-refractivity contribution in [3.05, 3.63) is 28.8 Å². The fourth-order valence-corrected chi connectivity index (χ4v) is 1.38. The van der Waals surface area contributed by atoms with Gasteiger partial charge in [-0.3, -0.25) is 0 Å². The molecule has 1 rings (SSSR count). The van der Waals surface area contributed by atoms with Gasteiger partial charge in [0.15, 0.2) is 5.82 Å². The molecule has 16 heavy (non-hydrogen) atoms. The van der Waals surface area contributed by atoms with Crippen LogP contribution in [0.25, 0.3) is 0 Å². The fourth-order valence-electron chi connectivity index (χ4n) is 1.01. The van der Waals surface area contributed by atoms with Gasteiger partial charge in [-0.15, -0.1) is 0 Å². The van der Waals surface area contributed by atoms with E-state index in [9.17, 15) is 26.3 Å². The van der Waals surface area contributed by atoms with E-state index in [4.69, 9.17) is 0 Å². The van der Waals surface area contributed by atoms with E-state index in [0.717, 1.165) is 0 Å². The summed E-state index contributed by atoms with van der Waals surface area (Å²) in [6, 6.07) is 0.0200. The van der Waals surface area contributed by atoms with E-state index in [1.54, 1.807) is 0 Å². The van der Waals surface area contributed by atoms with Crippen LogP contribution in [-0.4, -0.2) is 4.98 Å². The lowest BCUT2D eigenvalue weighted by Crippen LogP contribution is -2.13. The van der Waals surface area contributed by atoms with Crippen LogP contribution in [0.4, 0.5) is 26.3 Å². The number of halogens is 7. The molecule has 0 aliphatic carbocycles. The highest BCUT2D eigenvalue weighted by Crippen LogP contribution is 2.34. The summed E-state index contributed by atoms with van der Waals surface area (Å²) in [6.07, 6.45) is -8.20. The van der Waals surface area contributed by atoms with Gasteiger partial charge in [0.25, 0.3) is 6.43 Å². The number of nitrogens with zero attached hydrogens (tertiary/aromatic N) is 1. The first-order valence-electron chi connectivity index (χ1n) is 3.88. The van der Waals surface area contributed by atoms with Crippen LogP contribution < -0.4 is 0 Å². The van der Waals surface area contributed by atoms with Gasteiger partial charge in [-0.05, 0) is 6.07 Å². The Morgan fingerprint density at radius 1 is 1.31 bits per heavy atom. The van der Waals surface area contributed by atoms with Crippen molar-refractivity contribution in [1.82, 2.24) is 4.98 Å². The lowest BCUT2D eigenvalue weighted by atomic mass is 10.1. The Balaban J connectivity index is 3.42. The van der Waals surface area contributed by atoms with Gasteiger partial charge in [0, 0.05) is 5.33 Å². The highest BCUT2D eigenvalue weighted by molar-refractivity contribution is 9.08. The smallest absolute Gasteiger partial charge is 0.248 e. The Morgan fingerprint density at radius 3 is 2.25 bits per heavy atom. The summed E-state index contributed by atoms with van der Waals surface area (Å²) in [5.74, 6) is -1.63. The topological polar surface area (TPSA) is 12.9 Å². The average molecular weight is 308 g/mol. The molecule has 0 aliphatic heterocycles. The van der Waals surface area contributed by atoms with Crippen molar-refractivity contribution in [2.24, 2.45) is 0 Å². The third-order valence-electron chi connectivity index (χ3n) is 1.70. The largest absolute Gasteiger partial charge is 0.419 e. The molecule has 0 atom stereocenters. The lowest BCUT2D eigenvalue weighted by Gasteiger charge is -2.11. The van der Waals surface area contributed by atoms with E-state index >= 15 is 0 Å². The summed E-state index contributed by atoms with van der Waals surface area (Å²) < 4.78 is 74.4. The number of hydrogen-bond donors (Lipinski definition) is 0. The molecule has 1 aromatic rings. The van der Waals surface area contributed by atoms with E-state index in [1.165, 1.54) is 0 Å². The maximum atomic E-state index is 13.2. The molecule has 0 N–H and O–H groups in total. The molecule has 0 radical (unpaired) electrons. The molecule has 0 unspecified atom stereocenters. The van der Waals surface area contributed by atoms with Crippen LogP contribution in [0.2, 0.25) is 0 Å². The number of hydrogen-bond acceptors (Lipinski definition) is 1. The zero-order chi connectivity index (χ0) is 12.5. The van der Waals surface area contributed by atoms with Crippen molar-refractivity contribution in [3.63, 3.8) is 0 Å². The average Bonchev–Trinajstić information content (AvgIpc) is 2.15. The van der Waals surface area contributed by atoms with Crippen LogP contribution in [0, 0.1) is 5.82 Å². The summed E-state index contributed by atoms with van der Waals surface area (Å²) in [5.41, 5.74) is -3.51. The van der Waals surface area contributed by atoms with Gasteiger partial charge in [-0.25, -0.2) is 18.2 Å². The maximum Gasteiger partial charge on any atom is 0.419 e. The lowest BCUT2D eigenvalue weighted by molar-refractivity contribution is -0.140. The van der Waals surface area contributed by atoms with Crippen molar-refractivity contribution in [2.45, 2.75) is 17.9 Å². The SMILES string of the molecule is Fc1c(C(F)(F)F)cc(C(F)F)nc1CBr. The highest BCUT2D eigenvalue weighted by Gasteiger charge is 2.36. The predicted octanol–water partition coefficient (Wildman–Crippen LogP) is 4.07. The second-order valence-corrected chi connectivity index (χ2v) is 3.35. The minimum atomic E-state index is -5.02.